The van der Waals surface area contributed by atoms with Crippen LogP contribution in [0, 0.1) is 5.82 Å². The molecule has 2 aromatic carbocycles. The summed E-state index contributed by atoms with van der Waals surface area (Å²) < 4.78 is 19.0. The van der Waals surface area contributed by atoms with E-state index < -0.39 is 0 Å². The lowest BCUT2D eigenvalue weighted by Crippen LogP contribution is -2.23. The van der Waals surface area contributed by atoms with Crippen molar-refractivity contribution in [3.63, 3.8) is 0 Å². The highest BCUT2D eigenvalue weighted by Crippen LogP contribution is 2.24. The Morgan fingerprint density at radius 2 is 1.90 bits per heavy atom. The number of hydrogen-bond donors (Lipinski definition) is 1. The molecule has 0 aliphatic rings. The molecule has 0 fully saturated rings. The summed E-state index contributed by atoms with van der Waals surface area (Å²) in [5.74, 6) is -0.523. The van der Waals surface area contributed by atoms with E-state index in [4.69, 9.17) is 0 Å². The zero-order valence-corrected chi connectivity index (χ0v) is 16.5. The molecule has 29 heavy (non-hydrogen) atoms. The largest absolute Gasteiger partial charge is 0.347 e. The molecule has 0 spiro atoms. The van der Waals surface area contributed by atoms with Crippen molar-refractivity contribution < 1.29 is 9.18 Å². The fourth-order valence-electron chi connectivity index (χ4n) is 2.97. The average molecular weight is 407 g/mol. The van der Waals surface area contributed by atoms with Crippen LogP contribution in [0.15, 0.2) is 60.8 Å². The maximum atomic E-state index is 13.4. The molecule has 4 rings (SSSR count). The molecule has 1 amide bonds. The molecule has 0 bridgehead atoms. The normalized spacial score (nSPS) is 10.8. The van der Waals surface area contributed by atoms with Gasteiger partial charge in [-0.3, -0.25) is 4.79 Å². The monoisotopic (exact) mass is 407 g/mol. The van der Waals surface area contributed by atoms with Gasteiger partial charge in [0.15, 0.2) is 0 Å². The van der Waals surface area contributed by atoms with Gasteiger partial charge < -0.3 is 5.32 Å². The third-order valence-corrected chi connectivity index (χ3v) is 5.23. The van der Waals surface area contributed by atoms with Crippen molar-refractivity contribution in [3.05, 3.63) is 82.7 Å². The number of amides is 1. The lowest BCUT2D eigenvalue weighted by atomic mass is 10.1. The van der Waals surface area contributed by atoms with Crippen LogP contribution in [0.25, 0.3) is 16.9 Å². The van der Waals surface area contributed by atoms with E-state index in [1.807, 2.05) is 43.5 Å². The van der Waals surface area contributed by atoms with E-state index in [-0.39, 0.29) is 18.3 Å². The van der Waals surface area contributed by atoms with Crippen LogP contribution in [-0.4, -0.2) is 25.3 Å². The van der Waals surface area contributed by atoms with E-state index in [0.29, 0.717) is 22.7 Å². The second kappa shape index (κ2) is 8.32. The molecule has 0 atom stereocenters. The lowest BCUT2D eigenvalue weighted by molar-refractivity contribution is 0.0954. The Kier molecular flexibility index (Phi) is 5.44. The van der Waals surface area contributed by atoms with Gasteiger partial charge in [-0.2, -0.15) is 5.10 Å². The van der Waals surface area contributed by atoms with Crippen molar-refractivity contribution >= 4 is 17.4 Å². The molecule has 0 radical (unpaired) electrons. The molecular formula is C21H18FN5OS. The van der Waals surface area contributed by atoms with Crippen LogP contribution in [0.5, 0.6) is 0 Å². The van der Waals surface area contributed by atoms with Gasteiger partial charge in [-0.05, 0) is 54.4 Å². The smallest absolute Gasteiger partial charge is 0.265 e. The number of rotatable bonds is 6. The van der Waals surface area contributed by atoms with Crippen LogP contribution in [0.4, 0.5) is 4.39 Å². The summed E-state index contributed by atoms with van der Waals surface area (Å²) in [6.45, 7) is 2.21. The van der Waals surface area contributed by atoms with Gasteiger partial charge in [0.05, 0.1) is 17.1 Å². The predicted octanol–water partition coefficient (Wildman–Crippen LogP) is 4.02. The van der Waals surface area contributed by atoms with Gasteiger partial charge in [-0.15, -0.1) is 5.10 Å². The topological polar surface area (TPSA) is 72.7 Å². The molecule has 2 aromatic heterocycles. The summed E-state index contributed by atoms with van der Waals surface area (Å²) in [5, 5.41) is 11.6. The van der Waals surface area contributed by atoms with Crippen molar-refractivity contribution in [1.82, 2.24) is 24.7 Å². The molecule has 0 saturated heterocycles. The Morgan fingerprint density at radius 1 is 1.14 bits per heavy atom. The van der Waals surface area contributed by atoms with Crippen molar-refractivity contribution in [3.8, 4) is 16.9 Å². The van der Waals surface area contributed by atoms with Crippen LogP contribution in [0.2, 0.25) is 0 Å². The highest BCUT2D eigenvalue weighted by atomic mass is 32.1. The van der Waals surface area contributed by atoms with Crippen LogP contribution < -0.4 is 5.32 Å². The van der Waals surface area contributed by atoms with Crippen LogP contribution in [-0.2, 0) is 13.0 Å². The molecule has 0 aliphatic carbocycles. The van der Waals surface area contributed by atoms with E-state index in [2.05, 4.69) is 20.0 Å². The van der Waals surface area contributed by atoms with Crippen LogP contribution in [0.3, 0.4) is 0 Å². The Morgan fingerprint density at radius 3 is 2.62 bits per heavy atom. The zero-order chi connectivity index (χ0) is 20.2. The number of nitrogens with one attached hydrogen (secondary N) is 1. The standard InChI is InChI=1S/C21H18FN5OS/c1-2-18-20(29-26-24-18)21(28)23-12-15-13-27(17-6-4-3-5-7-17)25-19(15)14-8-10-16(22)11-9-14/h3-11,13H,2,12H2,1H3,(H,23,28). The van der Waals surface area contributed by atoms with E-state index in [0.717, 1.165) is 28.3 Å². The van der Waals surface area contributed by atoms with Gasteiger partial charge in [-0.25, -0.2) is 9.07 Å². The third kappa shape index (κ3) is 4.07. The highest BCUT2D eigenvalue weighted by molar-refractivity contribution is 7.08. The molecule has 2 heterocycles. The number of carbonyl (C=O) groups is 1. The van der Waals surface area contributed by atoms with Crippen molar-refractivity contribution in [2.75, 3.05) is 0 Å². The zero-order valence-electron chi connectivity index (χ0n) is 15.7. The van der Waals surface area contributed by atoms with Gasteiger partial charge in [0.1, 0.15) is 10.7 Å². The predicted molar refractivity (Wildman–Crippen MR) is 109 cm³/mol. The quantitative estimate of drug-likeness (QED) is 0.524. The Hall–Kier alpha value is -3.39. The summed E-state index contributed by atoms with van der Waals surface area (Å²) in [6.07, 6.45) is 2.52. The summed E-state index contributed by atoms with van der Waals surface area (Å²) in [5.41, 5.74) is 3.87. The number of hydrogen-bond acceptors (Lipinski definition) is 5. The number of carbonyl (C=O) groups excluding carboxylic acids is 1. The second-order valence-corrected chi connectivity index (χ2v) is 7.13. The Labute approximate surface area is 171 Å². The molecule has 4 aromatic rings. The summed E-state index contributed by atoms with van der Waals surface area (Å²) in [7, 11) is 0. The van der Waals surface area contributed by atoms with Crippen LogP contribution >= 0.6 is 11.5 Å². The van der Waals surface area contributed by atoms with Gasteiger partial charge in [0.2, 0.25) is 0 Å². The first kappa shape index (κ1) is 18.9. The third-order valence-electron chi connectivity index (χ3n) is 4.46. The van der Waals surface area contributed by atoms with Crippen molar-refractivity contribution in [2.24, 2.45) is 0 Å². The molecule has 6 nitrogen and oxygen atoms in total. The van der Waals surface area contributed by atoms with Crippen LogP contribution in [0.1, 0.15) is 27.9 Å². The van der Waals surface area contributed by atoms with Gasteiger partial charge in [0, 0.05) is 23.9 Å². The minimum atomic E-state index is -0.309. The maximum absolute atomic E-state index is 13.4. The minimum absolute atomic E-state index is 0.214. The van der Waals surface area contributed by atoms with Crippen molar-refractivity contribution in [2.45, 2.75) is 19.9 Å². The first-order valence-corrected chi connectivity index (χ1v) is 9.92. The molecular weight excluding hydrogens is 389 g/mol. The van der Waals surface area contributed by atoms with Gasteiger partial charge >= 0.3 is 0 Å². The van der Waals surface area contributed by atoms with E-state index in [9.17, 15) is 9.18 Å². The minimum Gasteiger partial charge on any atom is -0.347 e. The molecule has 1 N–H and O–H groups in total. The molecule has 0 saturated carbocycles. The van der Waals surface area contributed by atoms with E-state index >= 15 is 0 Å². The molecule has 0 aliphatic heterocycles. The summed E-state index contributed by atoms with van der Waals surface area (Å²) in [6, 6.07) is 15.8. The number of aromatic nitrogens is 4. The number of benzene rings is 2. The van der Waals surface area contributed by atoms with Gasteiger partial charge in [-0.1, -0.05) is 29.6 Å². The number of para-hydroxylation sites is 1. The number of halogens is 1. The summed E-state index contributed by atoms with van der Waals surface area (Å²) in [4.78, 5) is 13.1. The van der Waals surface area contributed by atoms with E-state index in [1.165, 1.54) is 12.1 Å². The molecule has 8 heteroatoms. The Balaban J connectivity index is 1.65. The van der Waals surface area contributed by atoms with Crippen molar-refractivity contribution in [1.29, 1.82) is 0 Å². The summed E-state index contributed by atoms with van der Waals surface area (Å²) >= 11 is 1.09. The Bertz CT molecular complexity index is 1120. The second-order valence-electron chi connectivity index (χ2n) is 6.37. The van der Waals surface area contributed by atoms with E-state index in [1.54, 1.807) is 16.8 Å². The fraction of sp³-hybridized carbons (Fsp3) is 0.143. The lowest BCUT2D eigenvalue weighted by Gasteiger charge is -2.05. The molecule has 0 unspecified atom stereocenters. The number of nitrogens with zero attached hydrogens (tertiary/aromatic N) is 4. The highest BCUT2D eigenvalue weighted by Gasteiger charge is 2.17. The average Bonchev–Trinajstić information content (AvgIpc) is 3.40. The number of aryl methyl sites for hydroxylation is 1. The first-order valence-electron chi connectivity index (χ1n) is 9.15. The SMILES string of the molecule is CCc1nnsc1C(=O)NCc1cn(-c2ccccc2)nc1-c1ccc(F)cc1. The fourth-order valence-corrected chi connectivity index (χ4v) is 3.64. The maximum Gasteiger partial charge on any atom is 0.265 e. The first-order chi connectivity index (χ1) is 14.2. The molecule has 146 valence electrons. The van der Waals surface area contributed by atoms with Gasteiger partial charge in [0.25, 0.3) is 5.91 Å².